The normalized spacial score (nSPS) is 12.2. The van der Waals surface area contributed by atoms with Crippen LogP contribution >= 0.6 is 11.3 Å². The SMILES string of the molecule is Cc1cccc(OC[C@H](O)Cn2cnc3scc(-c4ccc(F)cc4)c3c2=O)c1. The number of benzene rings is 2. The molecule has 5 nitrogen and oxygen atoms in total. The van der Waals surface area contributed by atoms with E-state index in [0.29, 0.717) is 21.5 Å². The van der Waals surface area contributed by atoms with Crippen molar-refractivity contribution in [3.63, 3.8) is 0 Å². The first kappa shape index (κ1) is 19.3. The number of fused-ring (bicyclic) bond motifs is 1. The van der Waals surface area contributed by atoms with E-state index in [0.717, 1.165) is 11.1 Å². The van der Waals surface area contributed by atoms with Crippen LogP contribution in [0.15, 0.2) is 65.0 Å². The molecular formula is C22H19FN2O3S. The molecule has 148 valence electrons. The van der Waals surface area contributed by atoms with Crippen molar-refractivity contribution < 1.29 is 14.2 Å². The Bertz CT molecular complexity index is 1200. The fourth-order valence-electron chi connectivity index (χ4n) is 3.12. The van der Waals surface area contributed by atoms with Crippen molar-refractivity contribution in [1.29, 1.82) is 0 Å². The smallest absolute Gasteiger partial charge is 0.262 e. The van der Waals surface area contributed by atoms with Gasteiger partial charge in [0, 0.05) is 10.9 Å². The average Bonchev–Trinajstić information content (AvgIpc) is 3.14. The lowest BCUT2D eigenvalue weighted by molar-refractivity contribution is 0.0914. The highest BCUT2D eigenvalue weighted by Gasteiger charge is 2.15. The van der Waals surface area contributed by atoms with Gasteiger partial charge in [0.15, 0.2) is 0 Å². The molecule has 1 atom stereocenters. The Morgan fingerprint density at radius 1 is 1.24 bits per heavy atom. The second kappa shape index (κ2) is 8.14. The van der Waals surface area contributed by atoms with Gasteiger partial charge in [0.25, 0.3) is 5.56 Å². The number of ether oxygens (including phenoxy) is 1. The van der Waals surface area contributed by atoms with Crippen LogP contribution in [0.2, 0.25) is 0 Å². The monoisotopic (exact) mass is 410 g/mol. The molecule has 1 N–H and O–H groups in total. The minimum Gasteiger partial charge on any atom is -0.491 e. The van der Waals surface area contributed by atoms with Gasteiger partial charge in [-0.15, -0.1) is 11.3 Å². The fraction of sp³-hybridized carbons (Fsp3) is 0.182. The molecule has 2 aromatic heterocycles. The molecule has 0 bridgehead atoms. The van der Waals surface area contributed by atoms with Gasteiger partial charge in [-0.25, -0.2) is 9.37 Å². The van der Waals surface area contributed by atoms with Gasteiger partial charge in [-0.3, -0.25) is 9.36 Å². The quantitative estimate of drug-likeness (QED) is 0.522. The first-order valence-electron chi connectivity index (χ1n) is 9.11. The van der Waals surface area contributed by atoms with Gasteiger partial charge in [0.2, 0.25) is 0 Å². The third-order valence-corrected chi connectivity index (χ3v) is 5.44. The van der Waals surface area contributed by atoms with Gasteiger partial charge in [-0.2, -0.15) is 0 Å². The summed E-state index contributed by atoms with van der Waals surface area (Å²) >= 11 is 1.36. The maximum Gasteiger partial charge on any atom is 0.262 e. The summed E-state index contributed by atoms with van der Waals surface area (Å²) in [7, 11) is 0. The zero-order chi connectivity index (χ0) is 20.4. The molecule has 0 fully saturated rings. The van der Waals surface area contributed by atoms with Crippen molar-refractivity contribution in [2.75, 3.05) is 6.61 Å². The molecule has 29 heavy (non-hydrogen) atoms. The van der Waals surface area contributed by atoms with Crippen LogP contribution in [-0.2, 0) is 6.54 Å². The van der Waals surface area contributed by atoms with Gasteiger partial charge in [-0.05, 0) is 42.3 Å². The molecule has 0 spiro atoms. The number of hydrogen-bond donors (Lipinski definition) is 1. The summed E-state index contributed by atoms with van der Waals surface area (Å²) in [4.78, 5) is 18.0. The van der Waals surface area contributed by atoms with Gasteiger partial charge in [0.05, 0.1) is 18.3 Å². The van der Waals surface area contributed by atoms with Crippen LogP contribution in [0, 0.1) is 12.7 Å². The molecule has 0 unspecified atom stereocenters. The van der Waals surface area contributed by atoms with Gasteiger partial charge >= 0.3 is 0 Å². The molecule has 4 aromatic rings. The van der Waals surface area contributed by atoms with Crippen molar-refractivity contribution in [2.45, 2.75) is 19.6 Å². The second-order valence-electron chi connectivity index (χ2n) is 6.82. The lowest BCUT2D eigenvalue weighted by atomic mass is 10.1. The lowest BCUT2D eigenvalue weighted by Crippen LogP contribution is -2.30. The Labute approximate surface area is 170 Å². The lowest BCUT2D eigenvalue weighted by Gasteiger charge is -2.14. The number of aliphatic hydroxyl groups is 1. The standard InChI is InChI=1S/C22H19FN2O3S/c1-14-3-2-4-18(9-14)28-11-17(26)10-25-13-24-21-20(22(25)27)19(12-29-21)15-5-7-16(23)8-6-15/h2-9,12-13,17,26H,10-11H2,1H3/t17-/m1/s1. The molecule has 0 aliphatic heterocycles. The van der Waals surface area contributed by atoms with Crippen LogP contribution in [0.1, 0.15) is 5.56 Å². The van der Waals surface area contributed by atoms with E-state index in [1.807, 2.05) is 36.6 Å². The van der Waals surface area contributed by atoms with Crippen LogP contribution in [0.4, 0.5) is 4.39 Å². The summed E-state index contributed by atoms with van der Waals surface area (Å²) < 4.78 is 20.2. The Kier molecular flexibility index (Phi) is 5.42. The summed E-state index contributed by atoms with van der Waals surface area (Å²) in [6, 6.07) is 13.5. The van der Waals surface area contributed by atoms with Crippen molar-refractivity contribution in [1.82, 2.24) is 9.55 Å². The second-order valence-corrected chi connectivity index (χ2v) is 7.68. The highest BCUT2D eigenvalue weighted by Crippen LogP contribution is 2.30. The Morgan fingerprint density at radius 3 is 2.79 bits per heavy atom. The third kappa shape index (κ3) is 4.21. The Hall–Kier alpha value is -3.03. The number of nitrogens with zero attached hydrogens (tertiary/aromatic N) is 2. The van der Waals surface area contributed by atoms with Crippen molar-refractivity contribution in [3.8, 4) is 16.9 Å². The molecule has 2 aromatic carbocycles. The average molecular weight is 410 g/mol. The fourth-order valence-corrected chi connectivity index (χ4v) is 4.02. The largest absolute Gasteiger partial charge is 0.491 e. The summed E-state index contributed by atoms with van der Waals surface area (Å²) in [5.74, 6) is 0.335. The summed E-state index contributed by atoms with van der Waals surface area (Å²) in [5, 5.41) is 12.7. The van der Waals surface area contributed by atoms with Crippen molar-refractivity contribution in [3.05, 3.63) is 82.0 Å². The molecule has 4 rings (SSSR count). The molecular weight excluding hydrogens is 391 g/mol. The molecule has 0 radical (unpaired) electrons. The first-order chi connectivity index (χ1) is 14.0. The van der Waals surface area contributed by atoms with Gasteiger partial charge in [0.1, 0.15) is 29.1 Å². The van der Waals surface area contributed by atoms with Gasteiger partial charge in [-0.1, -0.05) is 24.3 Å². The first-order valence-corrected chi connectivity index (χ1v) is 9.99. The number of hydrogen-bond acceptors (Lipinski definition) is 5. The van der Waals surface area contributed by atoms with E-state index in [1.54, 1.807) is 12.1 Å². The number of halogens is 1. The highest BCUT2D eigenvalue weighted by molar-refractivity contribution is 7.17. The van der Waals surface area contributed by atoms with E-state index in [9.17, 15) is 14.3 Å². The molecule has 0 saturated carbocycles. The Balaban J connectivity index is 1.56. The van der Waals surface area contributed by atoms with Crippen LogP contribution in [0.25, 0.3) is 21.3 Å². The van der Waals surface area contributed by atoms with Crippen molar-refractivity contribution in [2.24, 2.45) is 0 Å². The van der Waals surface area contributed by atoms with E-state index in [1.165, 1.54) is 34.4 Å². The summed E-state index contributed by atoms with van der Waals surface area (Å²) in [6.07, 6.45) is 0.561. The number of rotatable bonds is 6. The number of aromatic nitrogens is 2. The molecule has 0 amide bonds. The predicted molar refractivity (Wildman–Crippen MR) is 112 cm³/mol. The Morgan fingerprint density at radius 2 is 2.03 bits per heavy atom. The molecule has 2 heterocycles. The van der Waals surface area contributed by atoms with Crippen LogP contribution in [-0.4, -0.2) is 27.4 Å². The number of aryl methyl sites for hydroxylation is 1. The number of aliphatic hydroxyl groups excluding tert-OH is 1. The summed E-state index contributed by atoms with van der Waals surface area (Å²) in [5.41, 5.74) is 2.28. The van der Waals surface area contributed by atoms with Gasteiger partial charge < -0.3 is 9.84 Å². The zero-order valence-electron chi connectivity index (χ0n) is 15.7. The molecule has 7 heteroatoms. The van der Waals surface area contributed by atoms with E-state index in [4.69, 9.17) is 4.74 Å². The topological polar surface area (TPSA) is 64.3 Å². The zero-order valence-corrected chi connectivity index (χ0v) is 16.5. The predicted octanol–water partition coefficient (Wildman–Crippen LogP) is 4.01. The molecule has 0 saturated heterocycles. The number of thiophene rings is 1. The maximum absolute atomic E-state index is 13.2. The van der Waals surface area contributed by atoms with E-state index in [-0.39, 0.29) is 24.5 Å². The molecule has 0 aliphatic rings. The highest BCUT2D eigenvalue weighted by atomic mass is 32.1. The van der Waals surface area contributed by atoms with E-state index in [2.05, 4.69) is 4.98 Å². The minimum atomic E-state index is -0.875. The summed E-state index contributed by atoms with van der Waals surface area (Å²) in [6.45, 7) is 2.08. The van der Waals surface area contributed by atoms with Crippen LogP contribution < -0.4 is 10.3 Å². The van der Waals surface area contributed by atoms with E-state index < -0.39 is 6.10 Å². The van der Waals surface area contributed by atoms with Crippen LogP contribution in [0.5, 0.6) is 5.75 Å². The van der Waals surface area contributed by atoms with Crippen molar-refractivity contribution >= 4 is 21.6 Å². The maximum atomic E-state index is 13.2. The minimum absolute atomic E-state index is 0.0579. The molecule has 0 aliphatic carbocycles. The van der Waals surface area contributed by atoms with E-state index >= 15 is 0 Å². The van der Waals surface area contributed by atoms with Crippen LogP contribution in [0.3, 0.4) is 0 Å². The third-order valence-electron chi connectivity index (χ3n) is 4.56.